The summed E-state index contributed by atoms with van der Waals surface area (Å²) in [4.78, 5) is 11.1. The minimum Gasteiger partial charge on any atom is -0.497 e. The Morgan fingerprint density at radius 2 is 2.05 bits per heavy atom. The second-order valence-corrected chi connectivity index (χ2v) is 4.37. The largest absolute Gasteiger partial charge is 0.497 e. The number of aryl methyl sites for hydroxylation is 1. The molecule has 1 aromatic rings. The first-order valence-electron chi connectivity index (χ1n) is 6.08. The normalized spacial score (nSPS) is 14.2. The van der Waals surface area contributed by atoms with Crippen LogP contribution in [0.15, 0.2) is 30.4 Å². The Labute approximate surface area is 113 Å². The standard InChI is InChI=1S/C15H20O4/c1-10-9-12(18-3)5-6-13(10)14(11(2)16)7-8-15(17)19-4/h5-9,11,14,16H,1-4H3/b8-7+/t11-,14-/m0/s1. The second-order valence-electron chi connectivity index (χ2n) is 4.37. The van der Waals surface area contributed by atoms with Gasteiger partial charge in [0, 0.05) is 12.0 Å². The van der Waals surface area contributed by atoms with Gasteiger partial charge in [-0.1, -0.05) is 12.1 Å². The number of esters is 1. The fourth-order valence-corrected chi connectivity index (χ4v) is 1.92. The number of carbonyl (C=O) groups excluding carboxylic acids is 1. The first-order valence-corrected chi connectivity index (χ1v) is 6.08. The van der Waals surface area contributed by atoms with Crippen LogP contribution in [-0.4, -0.2) is 31.4 Å². The molecular formula is C15H20O4. The van der Waals surface area contributed by atoms with E-state index in [1.807, 2.05) is 25.1 Å². The van der Waals surface area contributed by atoms with Gasteiger partial charge in [0.05, 0.1) is 20.3 Å². The van der Waals surface area contributed by atoms with Crippen molar-refractivity contribution < 1.29 is 19.4 Å². The maximum absolute atomic E-state index is 11.1. The Bertz CT molecular complexity index is 463. The van der Waals surface area contributed by atoms with Crippen molar-refractivity contribution in [1.29, 1.82) is 0 Å². The Morgan fingerprint density at radius 3 is 2.53 bits per heavy atom. The van der Waals surface area contributed by atoms with E-state index in [2.05, 4.69) is 4.74 Å². The average Bonchev–Trinajstić information content (AvgIpc) is 2.39. The lowest BCUT2D eigenvalue weighted by Gasteiger charge is -2.19. The highest BCUT2D eigenvalue weighted by molar-refractivity contribution is 5.81. The molecule has 1 N–H and O–H groups in total. The summed E-state index contributed by atoms with van der Waals surface area (Å²) in [5.41, 5.74) is 1.95. The monoisotopic (exact) mass is 264 g/mol. The van der Waals surface area contributed by atoms with Gasteiger partial charge >= 0.3 is 5.97 Å². The smallest absolute Gasteiger partial charge is 0.330 e. The number of rotatable bonds is 5. The zero-order valence-corrected chi connectivity index (χ0v) is 11.7. The Morgan fingerprint density at radius 1 is 1.37 bits per heavy atom. The van der Waals surface area contributed by atoms with Crippen LogP contribution in [0.1, 0.15) is 24.0 Å². The molecule has 0 aromatic heterocycles. The van der Waals surface area contributed by atoms with Gasteiger partial charge in [-0.05, 0) is 37.1 Å². The van der Waals surface area contributed by atoms with Gasteiger partial charge in [-0.3, -0.25) is 0 Å². The molecule has 19 heavy (non-hydrogen) atoms. The molecule has 0 unspecified atom stereocenters. The molecule has 1 aromatic carbocycles. The van der Waals surface area contributed by atoms with Gasteiger partial charge in [-0.15, -0.1) is 0 Å². The quantitative estimate of drug-likeness (QED) is 0.654. The molecule has 4 nitrogen and oxygen atoms in total. The molecule has 0 amide bonds. The fourth-order valence-electron chi connectivity index (χ4n) is 1.92. The summed E-state index contributed by atoms with van der Waals surface area (Å²) in [5, 5.41) is 9.87. The lowest BCUT2D eigenvalue weighted by Crippen LogP contribution is -2.14. The van der Waals surface area contributed by atoms with E-state index in [0.29, 0.717) is 0 Å². The average molecular weight is 264 g/mol. The summed E-state index contributed by atoms with van der Waals surface area (Å²) in [6, 6.07) is 5.63. The molecule has 0 fully saturated rings. The van der Waals surface area contributed by atoms with E-state index < -0.39 is 12.1 Å². The second kappa shape index (κ2) is 6.95. The lowest BCUT2D eigenvalue weighted by molar-refractivity contribution is -0.134. The number of ether oxygens (including phenoxy) is 2. The van der Waals surface area contributed by atoms with Gasteiger partial charge in [-0.25, -0.2) is 4.79 Å². The maximum atomic E-state index is 11.1. The predicted octanol–water partition coefficient (Wildman–Crippen LogP) is 2.20. The number of hydrogen-bond acceptors (Lipinski definition) is 4. The van der Waals surface area contributed by atoms with E-state index in [0.717, 1.165) is 16.9 Å². The van der Waals surface area contributed by atoms with Crippen molar-refractivity contribution in [2.24, 2.45) is 0 Å². The van der Waals surface area contributed by atoms with Crippen LogP contribution < -0.4 is 4.74 Å². The van der Waals surface area contributed by atoms with Crippen molar-refractivity contribution >= 4 is 5.97 Å². The number of hydrogen-bond donors (Lipinski definition) is 1. The molecule has 0 aliphatic carbocycles. The van der Waals surface area contributed by atoms with Gasteiger partial charge in [0.2, 0.25) is 0 Å². The maximum Gasteiger partial charge on any atom is 0.330 e. The van der Waals surface area contributed by atoms with E-state index in [1.54, 1.807) is 20.1 Å². The summed E-state index contributed by atoms with van der Waals surface area (Å²) < 4.78 is 9.71. The van der Waals surface area contributed by atoms with Crippen LogP contribution in [0.5, 0.6) is 5.75 Å². The van der Waals surface area contributed by atoms with Gasteiger partial charge in [0.25, 0.3) is 0 Å². The molecule has 0 saturated heterocycles. The van der Waals surface area contributed by atoms with Crippen molar-refractivity contribution in [1.82, 2.24) is 0 Å². The number of methoxy groups -OCH3 is 2. The van der Waals surface area contributed by atoms with Crippen LogP contribution >= 0.6 is 0 Å². The SMILES string of the molecule is COC(=O)/C=C/[C@H](c1ccc(OC)cc1C)[C@H](C)O. The van der Waals surface area contributed by atoms with E-state index in [1.165, 1.54) is 13.2 Å². The fraction of sp³-hybridized carbons (Fsp3) is 0.400. The van der Waals surface area contributed by atoms with Gasteiger partial charge < -0.3 is 14.6 Å². The number of aliphatic hydroxyl groups excluding tert-OH is 1. The third-order valence-corrected chi connectivity index (χ3v) is 3.00. The van der Waals surface area contributed by atoms with E-state index in [4.69, 9.17) is 4.74 Å². The van der Waals surface area contributed by atoms with E-state index in [-0.39, 0.29) is 5.92 Å². The molecule has 0 saturated carbocycles. The Kier molecular flexibility index (Phi) is 5.57. The third kappa shape index (κ3) is 4.10. The highest BCUT2D eigenvalue weighted by atomic mass is 16.5. The van der Waals surface area contributed by atoms with Crippen LogP contribution in [0, 0.1) is 6.92 Å². The highest BCUT2D eigenvalue weighted by Crippen LogP contribution is 2.27. The molecule has 0 heterocycles. The molecule has 0 spiro atoms. The van der Waals surface area contributed by atoms with Gasteiger partial charge in [-0.2, -0.15) is 0 Å². The zero-order valence-electron chi connectivity index (χ0n) is 11.7. The third-order valence-electron chi connectivity index (χ3n) is 3.00. The molecule has 0 radical (unpaired) electrons. The summed E-state index contributed by atoms with van der Waals surface area (Å²) in [5.74, 6) is 0.0735. The highest BCUT2D eigenvalue weighted by Gasteiger charge is 2.17. The van der Waals surface area contributed by atoms with Crippen LogP contribution in [0.3, 0.4) is 0 Å². The summed E-state index contributed by atoms with van der Waals surface area (Å²) in [6.07, 6.45) is 2.39. The topological polar surface area (TPSA) is 55.8 Å². The molecule has 104 valence electrons. The van der Waals surface area contributed by atoms with Crippen molar-refractivity contribution in [2.75, 3.05) is 14.2 Å². The Balaban J connectivity index is 3.06. The summed E-state index contributed by atoms with van der Waals surface area (Å²) in [7, 11) is 2.93. The number of carbonyl (C=O) groups is 1. The Hall–Kier alpha value is -1.81. The van der Waals surface area contributed by atoms with Gasteiger partial charge in [0.15, 0.2) is 0 Å². The molecule has 0 bridgehead atoms. The van der Waals surface area contributed by atoms with Crippen molar-refractivity contribution in [3.05, 3.63) is 41.5 Å². The summed E-state index contributed by atoms with van der Waals surface area (Å²) in [6.45, 7) is 3.63. The molecule has 4 heteroatoms. The van der Waals surface area contributed by atoms with Crippen molar-refractivity contribution in [2.45, 2.75) is 25.9 Å². The van der Waals surface area contributed by atoms with E-state index in [9.17, 15) is 9.90 Å². The number of aliphatic hydroxyl groups is 1. The first kappa shape index (κ1) is 15.2. The first-order chi connectivity index (χ1) is 8.99. The van der Waals surface area contributed by atoms with Crippen LogP contribution in [0.2, 0.25) is 0 Å². The number of benzene rings is 1. The van der Waals surface area contributed by atoms with Gasteiger partial charge in [0.1, 0.15) is 5.75 Å². The molecule has 1 rings (SSSR count). The molecule has 0 aliphatic rings. The van der Waals surface area contributed by atoms with Crippen LogP contribution in [0.4, 0.5) is 0 Å². The zero-order chi connectivity index (χ0) is 14.4. The minimum absolute atomic E-state index is 0.259. The van der Waals surface area contributed by atoms with Crippen molar-refractivity contribution in [3.63, 3.8) is 0 Å². The molecule has 2 atom stereocenters. The van der Waals surface area contributed by atoms with E-state index >= 15 is 0 Å². The minimum atomic E-state index is -0.604. The lowest BCUT2D eigenvalue weighted by atomic mass is 9.90. The van der Waals surface area contributed by atoms with Crippen LogP contribution in [0.25, 0.3) is 0 Å². The van der Waals surface area contributed by atoms with Crippen LogP contribution in [-0.2, 0) is 9.53 Å². The summed E-state index contributed by atoms with van der Waals surface area (Å²) >= 11 is 0. The molecule has 0 aliphatic heterocycles. The predicted molar refractivity (Wildman–Crippen MR) is 73.3 cm³/mol. The molecular weight excluding hydrogens is 244 g/mol. The van der Waals surface area contributed by atoms with Crippen molar-refractivity contribution in [3.8, 4) is 5.75 Å².